The second-order valence-electron chi connectivity index (χ2n) is 5.74. The summed E-state index contributed by atoms with van der Waals surface area (Å²) in [6, 6.07) is 0. The van der Waals surface area contributed by atoms with Crippen LogP contribution in [0.4, 0.5) is 0 Å². The summed E-state index contributed by atoms with van der Waals surface area (Å²) in [6.45, 7) is 5.20. The Balaban J connectivity index is 2.06. The van der Waals surface area contributed by atoms with Gasteiger partial charge in [-0.1, -0.05) is 0 Å². The van der Waals surface area contributed by atoms with E-state index in [2.05, 4.69) is 0 Å². The van der Waals surface area contributed by atoms with Crippen LogP contribution in [-0.2, 0) is 19.1 Å². The van der Waals surface area contributed by atoms with E-state index in [-0.39, 0.29) is 18.0 Å². The monoisotopic (exact) mass is 302 g/mol. The van der Waals surface area contributed by atoms with E-state index in [1.54, 1.807) is 6.26 Å². The molecular formula is C17H18O5. The molecule has 1 aromatic rings. The molecule has 0 radical (unpaired) electrons. The Hall–Kier alpha value is -2.30. The van der Waals surface area contributed by atoms with Crippen LogP contribution in [0.5, 0.6) is 0 Å². The Morgan fingerprint density at radius 1 is 1.36 bits per heavy atom. The van der Waals surface area contributed by atoms with Gasteiger partial charge in [-0.3, -0.25) is 4.79 Å². The van der Waals surface area contributed by atoms with Crippen molar-refractivity contribution in [3.8, 4) is 0 Å². The molecule has 0 unspecified atom stereocenters. The molecule has 1 aromatic heterocycles. The summed E-state index contributed by atoms with van der Waals surface area (Å²) in [5.41, 5.74) is 3.30. The smallest absolute Gasteiger partial charge is 0.334 e. The molecule has 0 saturated heterocycles. The van der Waals surface area contributed by atoms with Crippen molar-refractivity contribution >= 4 is 18.0 Å². The molecule has 0 aromatic carbocycles. The van der Waals surface area contributed by atoms with E-state index in [4.69, 9.17) is 13.9 Å². The van der Waals surface area contributed by atoms with Gasteiger partial charge < -0.3 is 13.9 Å². The quantitative estimate of drug-likeness (QED) is 0.745. The molecule has 2 bridgehead atoms. The largest absolute Gasteiger partial charge is 0.464 e. The zero-order valence-electron chi connectivity index (χ0n) is 12.8. The third-order valence-corrected chi connectivity index (χ3v) is 4.04. The van der Waals surface area contributed by atoms with Crippen molar-refractivity contribution < 1.29 is 23.5 Å². The predicted molar refractivity (Wildman–Crippen MR) is 78.8 cm³/mol. The van der Waals surface area contributed by atoms with Crippen molar-refractivity contribution in [2.24, 2.45) is 0 Å². The molecule has 2 atom stereocenters. The lowest BCUT2D eigenvalue weighted by Gasteiger charge is -2.18. The van der Waals surface area contributed by atoms with Gasteiger partial charge in [0.25, 0.3) is 0 Å². The van der Waals surface area contributed by atoms with Gasteiger partial charge in [-0.25, -0.2) is 4.79 Å². The Kier molecular flexibility index (Phi) is 3.64. The molecule has 2 heterocycles. The summed E-state index contributed by atoms with van der Waals surface area (Å²) in [6.07, 6.45) is 5.64. The van der Waals surface area contributed by atoms with Crippen molar-refractivity contribution in [2.75, 3.05) is 0 Å². The first kappa shape index (κ1) is 14.6. The zero-order chi connectivity index (χ0) is 15.9. The number of esters is 2. The van der Waals surface area contributed by atoms with E-state index in [0.29, 0.717) is 24.2 Å². The lowest BCUT2D eigenvalue weighted by Crippen LogP contribution is -2.18. The van der Waals surface area contributed by atoms with E-state index in [9.17, 15) is 9.59 Å². The maximum absolute atomic E-state index is 12.0. The van der Waals surface area contributed by atoms with Gasteiger partial charge in [0.05, 0.1) is 6.26 Å². The molecule has 0 fully saturated rings. The van der Waals surface area contributed by atoms with E-state index in [1.165, 1.54) is 6.92 Å². The number of fused-ring (bicyclic) bond motifs is 3. The summed E-state index contributed by atoms with van der Waals surface area (Å²) >= 11 is 0. The molecule has 1 aliphatic carbocycles. The van der Waals surface area contributed by atoms with Gasteiger partial charge in [-0.05, 0) is 50.0 Å². The van der Waals surface area contributed by atoms with Crippen LogP contribution in [-0.4, -0.2) is 18.0 Å². The van der Waals surface area contributed by atoms with Crippen LogP contribution >= 0.6 is 0 Å². The van der Waals surface area contributed by atoms with E-state index in [0.717, 1.165) is 16.7 Å². The maximum atomic E-state index is 12.0. The van der Waals surface area contributed by atoms with Gasteiger partial charge in [0.2, 0.25) is 0 Å². The summed E-state index contributed by atoms with van der Waals surface area (Å²) < 4.78 is 16.4. The average Bonchev–Trinajstić information content (AvgIpc) is 2.97. The molecule has 0 amide bonds. The SMILES string of the molecule is CC(=O)O[C@@H]1CCC2=C[C@H](OC2=O)c2c(C)coc2C=C1C. The highest BCUT2D eigenvalue weighted by Gasteiger charge is 2.32. The summed E-state index contributed by atoms with van der Waals surface area (Å²) in [5.74, 6) is -0.00598. The van der Waals surface area contributed by atoms with Crippen molar-refractivity contribution in [2.45, 2.75) is 45.8 Å². The molecule has 5 heteroatoms. The van der Waals surface area contributed by atoms with Crippen LogP contribution in [0.3, 0.4) is 0 Å². The predicted octanol–water partition coefficient (Wildman–Crippen LogP) is 3.24. The van der Waals surface area contributed by atoms with Crippen LogP contribution < -0.4 is 0 Å². The van der Waals surface area contributed by atoms with E-state index >= 15 is 0 Å². The van der Waals surface area contributed by atoms with Crippen LogP contribution in [0.15, 0.2) is 27.9 Å². The molecule has 0 N–H and O–H groups in total. The number of carbonyl (C=O) groups excluding carboxylic acids is 2. The standard InChI is InChI=1S/C17H18O5/c1-9-6-14-16(10(2)8-20-14)15-7-12(17(19)22-15)4-5-13(9)21-11(3)18/h6-8,13,15H,4-5H2,1-3H3/t13-,15+/m1/s1. The normalized spacial score (nSPS) is 24.0. The van der Waals surface area contributed by atoms with Crippen LogP contribution in [0.1, 0.15) is 49.7 Å². The summed E-state index contributed by atoms with van der Waals surface area (Å²) in [4.78, 5) is 23.3. The van der Waals surface area contributed by atoms with Crippen LogP contribution in [0.25, 0.3) is 6.08 Å². The minimum Gasteiger partial charge on any atom is -0.464 e. The molecule has 2 aliphatic rings. The minimum atomic E-state index is -0.398. The lowest BCUT2D eigenvalue weighted by atomic mass is 9.96. The molecule has 0 spiro atoms. The second-order valence-corrected chi connectivity index (χ2v) is 5.74. The molecule has 22 heavy (non-hydrogen) atoms. The number of hydrogen-bond donors (Lipinski definition) is 0. The first-order chi connectivity index (χ1) is 10.5. The van der Waals surface area contributed by atoms with Crippen molar-refractivity contribution in [1.29, 1.82) is 0 Å². The lowest BCUT2D eigenvalue weighted by molar-refractivity contribution is -0.144. The van der Waals surface area contributed by atoms with E-state index in [1.807, 2.05) is 26.0 Å². The Morgan fingerprint density at radius 2 is 2.14 bits per heavy atom. The van der Waals surface area contributed by atoms with Crippen molar-refractivity contribution in [1.82, 2.24) is 0 Å². The number of carbonyl (C=O) groups is 2. The number of ether oxygens (including phenoxy) is 2. The Labute approximate surface area is 128 Å². The van der Waals surface area contributed by atoms with Gasteiger partial charge in [-0.15, -0.1) is 0 Å². The molecular weight excluding hydrogens is 284 g/mol. The average molecular weight is 302 g/mol. The fourth-order valence-corrected chi connectivity index (χ4v) is 2.92. The van der Waals surface area contributed by atoms with Gasteiger partial charge >= 0.3 is 11.9 Å². The van der Waals surface area contributed by atoms with Gasteiger partial charge in [0.15, 0.2) is 6.10 Å². The number of aryl methyl sites for hydroxylation is 1. The minimum absolute atomic E-state index is 0.308. The number of hydrogen-bond acceptors (Lipinski definition) is 5. The first-order valence-electron chi connectivity index (χ1n) is 7.30. The summed E-state index contributed by atoms with van der Waals surface area (Å²) in [5, 5.41) is 0. The van der Waals surface area contributed by atoms with Crippen LogP contribution in [0, 0.1) is 6.92 Å². The van der Waals surface area contributed by atoms with Crippen molar-refractivity contribution in [3.63, 3.8) is 0 Å². The fraction of sp³-hybridized carbons (Fsp3) is 0.412. The Morgan fingerprint density at radius 3 is 2.86 bits per heavy atom. The van der Waals surface area contributed by atoms with Gasteiger partial charge in [0.1, 0.15) is 11.9 Å². The highest BCUT2D eigenvalue weighted by Crippen LogP contribution is 2.37. The first-order valence-corrected chi connectivity index (χ1v) is 7.30. The molecule has 5 nitrogen and oxygen atoms in total. The number of furan rings is 1. The van der Waals surface area contributed by atoms with Crippen molar-refractivity contribution in [3.05, 3.63) is 40.4 Å². The topological polar surface area (TPSA) is 65.7 Å². The third kappa shape index (κ3) is 2.58. The molecule has 0 saturated carbocycles. The summed E-state index contributed by atoms with van der Waals surface area (Å²) in [7, 11) is 0. The van der Waals surface area contributed by atoms with Crippen LogP contribution in [0.2, 0.25) is 0 Å². The highest BCUT2D eigenvalue weighted by atomic mass is 16.6. The third-order valence-electron chi connectivity index (χ3n) is 4.04. The number of rotatable bonds is 1. The molecule has 3 rings (SSSR count). The molecule has 116 valence electrons. The zero-order valence-corrected chi connectivity index (χ0v) is 12.8. The van der Waals surface area contributed by atoms with E-state index < -0.39 is 6.10 Å². The second kappa shape index (κ2) is 5.48. The van der Waals surface area contributed by atoms with Gasteiger partial charge in [0, 0.05) is 18.1 Å². The van der Waals surface area contributed by atoms with Gasteiger partial charge in [-0.2, -0.15) is 0 Å². The molecule has 1 aliphatic heterocycles. The fourth-order valence-electron chi connectivity index (χ4n) is 2.92. The highest BCUT2D eigenvalue weighted by molar-refractivity contribution is 5.91. The maximum Gasteiger partial charge on any atom is 0.334 e. The Bertz CT molecular complexity index is 692.